The van der Waals surface area contributed by atoms with Crippen LogP contribution in [-0.4, -0.2) is 98.1 Å². The first kappa shape index (κ1) is 23.7. The average molecular weight is 455 g/mol. The van der Waals surface area contributed by atoms with Crippen LogP contribution in [0.5, 0.6) is 5.75 Å². The number of carbonyl (C=O) groups is 1. The number of hydrogen-bond donors (Lipinski definition) is 0. The highest BCUT2D eigenvalue weighted by Crippen LogP contribution is 2.20. The minimum Gasteiger partial charge on any atom is -0.496 e. The fourth-order valence-electron chi connectivity index (χ4n) is 4.63. The van der Waals surface area contributed by atoms with Gasteiger partial charge >= 0.3 is 0 Å². The number of rotatable bonds is 8. The van der Waals surface area contributed by atoms with Gasteiger partial charge in [0, 0.05) is 71.0 Å². The van der Waals surface area contributed by atoms with Crippen LogP contribution < -0.4 is 4.74 Å². The number of carbonyl (C=O) groups excluding carboxylic acids is 1. The molecule has 0 bridgehead atoms. The fraction of sp³-hybridized carbons (Fsp3) is 0.500. The molecule has 0 aromatic heterocycles. The van der Waals surface area contributed by atoms with Crippen molar-refractivity contribution in [1.82, 2.24) is 19.6 Å². The first-order valence-corrected chi connectivity index (χ1v) is 11.9. The number of methoxy groups -OCH3 is 1. The molecule has 1 amide bonds. The van der Waals surface area contributed by atoms with E-state index in [-0.39, 0.29) is 11.7 Å². The molecule has 6 nitrogen and oxygen atoms in total. The van der Waals surface area contributed by atoms with Gasteiger partial charge in [0.1, 0.15) is 11.6 Å². The van der Waals surface area contributed by atoms with Gasteiger partial charge < -0.3 is 14.5 Å². The minimum atomic E-state index is -0.185. The van der Waals surface area contributed by atoms with Crippen LogP contribution >= 0.6 is 0 Å². The topological polar surface area (TPSA) is 39.3 Å². The molecule has 2 heterocycles. The van der Waals surface area contributed by atoms with E-state index in [4.69, 9.17) is 4.74 Å². The second-order valence-corrected chi connectivity index (χ2v) is 8.96. The third-order valence-electron chi connectivity index (χ3n) is 6.77. The maximum absolute atomic E-state index is 13.0. The van der Waals surface area contributed by atoms with Crippen molar-refractivity contribution in [3.8, 4) is 5.75 Å². The van der Waals surface area contributed by atoms with Gasteiger partial charge in [-0.15, -0.1) is 0 Å². The van der Waals surface area contributed by atoms with Gasteiger partial charge in [-0.25, -0.2) is 4.39 Å². The number of halogens is 1. The third-order valence-corrected chi connectivity index (χ3v) is 6.77. The summed E-state index contributed by atoms with van der Waals surface area (Å²) >= 11 is 0. The molecule has 7 heteroatoms. The van der Waals surface area contributed by atoms with E-state index in [0.717, 1.165) is 77.6 Å². The van der Waals surface area contributed by atoms with E-state index in [2.05, 4.69) is 20.8 Å². The van der Waals surface area contributed by atoms with Crippen LogP contribution in [0.4, 0.5) is 4.39 Å². The molecule has 2 aromatic rings. The molecular formula is C26H35FN4O2. The van der Waals surface area contributed by atoms with Gasteiger partial charge in [0.2, 0.25) is 5.91 Å². The number of ether oxygens (including phenoxy) is 1. The second-order valence-electron chi connectivity index (χ2n) is 8.96. The van der Waals surface area contributed by atoms with E-state index < -0.39 is 0 Å². The summed E-state index contributed by atoms with van der Waals surface area (Å²) in [6, 6.07) is 14.9. The van der Waals surface area contributed by atoms with E-state index in [1.807, 2.05) is 35.2 Å². The van der Waals surface area contributed by atoms with Gasteiger partial charge in [0.05, 0.1) is 13.7 Å². The third kappa shape index (κ3) is 6.76. The van der Waals surface area contributed by atoms with Gasteiger partial charge in [-0.2, -0.15) is 0 Å². The van der Waals surface area contributed by atoms with Crippen LogP contribution in [-0.2, 0) is 17.8 Å². The molecule has 2 aliphatic heterocycles. The number of para-hydroxylation sites is 1. The smallest absolute Gasteiger partial charge is 0.236 e. The van der Waals surface area contributed by atoms with Crippen molar-refractivity contribution in [3.05, 3.63) is 65.5 Å². The van der Waals surface area contributed by atoms with Crippen molar-refractivity contribution in [2.45, 2.75) is 13.0 Å². The molecule has 2 fully saturated rings. The maximum atomic E-state index is 13.0. The molecule has 178 valence electrons. The van der Waals surface area contributed by atoms with Crippen molar-refractivity contribution < 1.29 is 13.9 Å². The summed E-state index contributed by atoms with van der Waals surface area (Å²) < 4.78 is 18.5. The van der Waals surface area contributed by atoms with E-state index in [1.54, 1.807) is 7.11 Å². The highest BCUT2D eigenvalue weighted by molar-refractivity contribution is 5.78. The van der Waals surface area contributed by atoms with Gasteiger partial charge in [-0.3, -0.25) is 14.6 Å². The Bertz CT molecular complexity index is 891. The lowest BCUT2D eigenvalue weighted by molar-refractivity contribution is -0.134. The summed E-state index contributed by atoms with van der Waals surface area (Å²) in [5.74, 6) is 0.981. The number of amides is 1. The van der Waals surface area contributed by atoms with Gasteiger partial charge in [0.25, 0.3) is 0 Å². The lowest BCUT2D eigenvalue weighted by Gasteiger charge is -2.38. The zero-order chi connectivity index (χ0) is 23.0. The highest BCUT2D eigenvalue weighted by atomic mass is 19.1. The summed E-state index contributed by atoms with van der Waals surface area (Å²) in [5.41, 5.74) is 2.36. The average Bonchev–Trinajstić information content (AvgIpc) is 2.85. The molecule has 33 heavy (non-hydrogen) atoms. The van der Waals surface area contributed by atoms with Crippen LogP contribution in [0, 0.1) is 5.82 Å². The molecule has 2 aromatic carbocycles. The summed E-state index contributed by atoms with van der Waals surface area (Å²) in [5, 5.41) is 0. The Morgan fingerprint density at radius 1 is 0.848 bits per heavy atom. The Balaban J connectivity index is 1.14. The predicted molar refractivity (Wildman–Crippen MR) is 128 cm³/mol. The van der Waals surface area contributed by atoms with Gasteiger partial charge in [-0.05, 0) is 30.2 Å². The normalized spacial score (nSPS) is 18.4. The summed E-state index contributed by atoms with van der Waals surface area (Å²) in [4.78, 5) is 22.0. The molecule has 0 N–H and O–H groups in total. The van der Waals surface area contributed by atoms with E-state index >= 15 is 0 Å². The first-order valence-electron chi connectivity index (χ1n) is 11.9. The van der Waals surface area contributed by atoms with Crippen molar-refractivity contribution in [2.24, 2.45) is 0 Å². The molecule has 0 unspecified atom stereocenters. The lowest BCUT2D eigenvalue weighted by Crippen LogP contribution is -2.53. The van der Waals surface area contributed by atoms with Crippen LogP contribution in [0.25, 0.3) is 0 Å². The van der Waals surface area contributed by atoms with E-state index in [1.165, 1.54) is 23.3 Å². The van der Waals surface area contributed by atoms with Crippen LogP contribution in [0.1, 0.15) is 11.1 Å². The van der Waals surface area contributed by atoms with Crippen LogP contribution in [0.2, 0.25) is 0 Å². The molecule has 0 radical (unpaired) electrons. The fourth-order valence-corrected chi connectivity index (χ4v) is 4.63. The van der Waals surface area contributed by atoms with Crippen LogP contribution in [0.15, 0.2) is 48.5 Å². The van der Waals surface area contributed by atoms with Crippen molar-refractivity contribution in [1.29, 1.82) is 0 Å². The minimum absolute atomic E-state index is 0.185. The van der Waals surface area contributed by atoms with E-state index in [0.29, 0.717) is 6.54 Å². The Morgan fingerprint density at radius 3 is 2.18 bits per heavy atom. The maximum Gasteiger partial charge on any atom is 0.236 e. The Labute approximate surface area is 196 Å². The largest absolute Gasteiger partial charge is 0.496 e. The molecule has 0 saturated carbocycles. The number of nitrogens with zero attached hydrogens (tertiary/aromatic N) is 4. The van der Waals surface area contributed by atoms with Gasteiger partial charge in [0.15, 0.2) is 0 Å². The molecule has 0 spiro atoms. The van der Waals surface area contributed by atoms with Gasteiger partial charge in [-0.1, -0.05) is 30.3 Å². The zero-order valence-corrected chi connectivity index (χ0v) is 19.6. The molecule has 4 rings (SSSR count). The molecule has 0 atom stereocenters. The molecule has 0 aliphatic carbocycles. The summed E-state index contributed by atoms with van der Waals surface area (Å²) in [6.07, 6.45) is 0.929. The predicted octanol–water partition coefficient (Wildman–Crippen LogP) is 2.34. The summed E-state index contributed by atoms with van der Waals surface area (Å²) in [7, 11) is 1.71. The SMILES string of the molecule is COc1ccccc1CN1CCN(C(=O)CN2CCN(CCc3ccc(F)cc3)CC2)CC1. The van der Waals surface area contributed by atoms with Crippen LogP contribution in [0.3, 0.4) is 0 Å². The number of benzene rings is 2. The Hall–Kier alpha value is -2.48. The molecule has 2 aliphatic rings. The van der Waals surface area contributed by atoms with Crippen molar-refractivity contribution in [2.75, 3.05) is 72.6 Å². The highest BCUT2D eigenvalue weighted by Gasteiger charge is 2.25. The number of hydrogen-bond acceptors (Lipinski definition) is 5. The standard InChI is InChI=1S/C26H35FN4O2/c1-33-25-5-3-2-4-23(25)20-29-16-18-31(19-17-29)26(32)21-30-14-12-28(13-15-30)11-10-22-6-8-24(27)9-7-22/h2-9H,10-21H2,1H3. The van der Waals surface area contributed by atoms with Crippen molar-refractivity contribution in [3.63, 3.8) is 0 Å². The Morgan fingerprint density at radius 2 is 1.48 bits per heavy atom. The first-order chi connectivity index (χ1) is 16.1. The quantitative estimate of drug-likeness (QED) is 0.612. The van der Waals surface area contributed by atoms with Crippen molar-refractivity contribution >= 4 is 5.91 Å². The monoisotopic (exact) mass is 454 g/mol. The number of piperazine rings is 2. The Kier molecular flexibility index (Phi) is 8.31. The van der Waals surface area contributed by atoms with E-state index in [9.17, 15) is 9.18 Å². The summed E-state index contributed by atoms with van der Waals surface area (Å²) in [6.45, 7) is 9.47. The second kappa shape index (κ2) is 11.6. The lowest BCUT2D eigenvalue weighted by atomic mass is 10.1. The zero-order valence-electron chi connectivity index (χ0n) is 19.6. The molecule has 2 saturated heterocycles. The molecular weight excluding hydrogens is 419 g/mol.